The molecule has 2 heterocycles. The van der Waals surface area contributed by atoms with E-state index in [0.29, 0.717) is 12.4 Å². The SMILES string of the molecule is COCC1(C(=O)Nc2ccn(C)n2)CCNCC1. The Morgan fingerprint density at radius 3 is 2.89 bits per heavy atom. The highest BCUT2D eigenvalue weighted by Gasteiger charge is 2.39. The van der Waals surface area contributed by atoms with E-state index < -0.39 is 5.41 Å². The minimum atomic E-state index is -0.433. The molecular weight excluding hydrogens is 232 g/mol. The van der Waals surface area contributed by atoms with Crippen LogP contribution in [0.2, 0.25) is 0 Å². The predicted molar refractivity (Wildman–Crippen MR) is 68.3 cm³/mol. The number of amides is 1. The Bertz CT molecular complexity index is 404. The van der Waals surface area contributed by atoms with Crippen molar-refractivity contribution in [2.45, 2.75) is 12.8 Å². The van der Waals surface area contributed by atoms with Gasteiger partial charge in [-0.2, -0.15) is 5.10 Å². The van der Waals surface area contributed by atoms with Crippen LogP contribution >= 0.6 is 0 Å². The van der Waals surface area contributed by atoms with Gasteiger partial charge in [-0.1, -0.05) is 0 Å². The van der Waals surface area contributed by atoms with E-state index in [1.807, 2.05) is 7.05 Å². The number of hydrogen-bond acceptors (Lipinski definition) is 4. The summed E-state index contributed by atoms with van der Waals surface area (Å²) in [7, 11) is 3.46. The third-order valence-corrected chi connectivity index (χ3v) is 3.42. The summed E-state index contributed by atoms with van der Waals surface area (Å²) in [6.45, 7) is 2.14. The maximum Gasteiger partial charge on any atom is 0.234 e. The number of piperidine rings is 1. The van der Waals surface area contributed by atoms with Gasteiger partial charge in [-0.15, -0.1) is 0 Å². The van der Waals surface area contributed by atoms with Crippen molar-refractivity contribution in [3.63, 3.8) is 0 Å². The van der Waals surface area contributed by atoms with Gasteiger partial charge in [0.05, 0.1) is 12.0 Å². The Hall–Kier alpha value is -1.40. The van der Waals surface area contributed by atoms with Crippen molar-refractivity contribution in [1.82, 2.24) is 15.1 Å². The Morgan fingerprint density at radius 2 is 2.33 bits per heavy atom. The number of nitrogens with zero attached hydrogens (tertiary/aromatic N) is 2. The Kier molecular flexibility index (Phi) is 3.98. The summed E-state index contributed by atoms with van der Waals surface area (Å²) >= 11 is 0. The molecule has 1 aromatic heterocycles. The highest BCUT2D eigenvalue weighted by Crippen LogP contribution is 2.30. The Balaban J connectivity index is 2.08. The molecule has 2 rings (SSSR count). The monoisotopic (exact) mass is 252 g/mol. The molecule has 1 aliphatic heterocycles. The molecule has 1 aromatic rings. The number of hydrogen-bond donors (Lipinski definition) is 2. The molecule has 6 nitrogen and oxygen atoms in total. The van der Waals surface area contributed by atoms with Crippen molar-refractivity contribution in [1.29, 1.82) is 0 Å². The minimum Gasteiger partial charge on any atom is -0.384 e. The van der Waals surface area contributed by atoms with Crippen molar-refractivity contribution in [3.8, 4) is 0 Å². The zero-order chi connectivity index (χ0) is 13.0. The van der Waals surface area contributed by atoms with E-state index in [0.717, 1.165) is 25.9 Å². The van der Waals surface area contributed by atoms with E-state index in [-0.39, 0.29) is 5.91 Å². The van der Waals surface area contributed by atoms with Gasteiger partial charge in [-0.25, -0.2) is 0 Å². The molecule has 0 spiro atoms. The molecule has 0 radical (unpaired) electrons. The third-order valence-electron chi connectivity index (χ3n) is 3.42. The summed E-state index contributed by atoms with van der Waals surface area (Å²) in [5.74, 6) is 0.598. The Morgan fingerprint density at radius 1 is 1.61 bits per heavy atom. The van der Waals surface area contributed by atoms with Gasteiger partial charge in [0.25, 0.3) is 0 Å². The first kappa shape index (κ1) is 13.0. The molecule has 18 heavy (non-hydrogen) atoms. The molecule has 2 N–H and O–H groups in total. The van der Waals surface area contributed by atoms with Gasteiger partial charge >= 0.3 is 0 Å². The first-order valence-electron chi connectivity index (χ1n) is 6.17. The number of ether oxygens (including phenoxy) is 1. The molecule has 100 valence electrons. The number of aryl methyl sites for hydroxylation is 1. The molecular formula is C12H20N4O2. The van der Waals surface area contributed by atoms with Gasteiger partial charge in [-0.3, -0.25) is 9.48 Å². The van der Waals surface area contributed by atoms with Crippen molar-refractivity contribution < 1.29 is 9.53 Å². The molecule has 0 atom stereocenters. The molecule has 0 unspecified atom stereocenters. The number of aromatic nitrogens is 2. The quantitative estimate of drug-likeness (QED) is 0.812. The van der Waals surface area contributed by atoms with E-state index in [4.69, 9.17) is 4.74 Å². The number of methoxy groups -OCH3 is 1. The average molecular weight is 252 g/mol. The first-order valence-corrected chi connectivity index (χ1v) is 6.17. The summed E-state index contributed by atoms with van der Waals surface area (Å²) in [6, 6.07) is 1.79. The molecule has 0 aliphatic carbocycles. The van der Waals surface area contributed by atoms with Gasteiger partial charge in [0.15, 0.2) is 5.82 Å². The molecule has 1 amide bonds. The largest absolute Gasteiger partial charge is 0.384 e. The lowest BCUT2D eigenvalue weighted by molar-refractivity contribution is -0.130. The lowest BCUT2D eigenvalue weighted by Crippen LogP contribution is -2.47. The highest BCUT2D eigenvalue weighted by molar-refractivity contribution is 5.94. The molecule has 1 fully saturated rings. The summed E-state index contributed by atoms with van der Waals surface area (Å²) in [5, 5.41) is 10.3. The molecule has 0 aromatic carbocycles. The van der Waals surface area contributed by atoms with Crippen LogP contribution in [0.3, 0.4) is 0 Å². The lowest BCUT2D eigenvalue weighted by atomic mass is 9.78. The highest BCUT2D eigenvalue weighted by atomic mass is 16.5. The standard InChI is InChI=1S/C12H20N4O2/c1-16-8-3-10(15-16)14-11(17)12(9-18-2)4-6-13-7-5-12/h3,8,13H,4-7,9H2,1-2H3,(H,14,15,17). The third kappa shape index (κ3) is 2.70. The summed E-state index contributed by atoms with van der Waals surface area (Å²) in [6.07, 6.45) is 3.39. The normalized spacial score (nSPS) is 18.6. The van der Waals surface area contributed by atoms with Crippen LogP contribution < -0.4 is 10.6 Å². The van der Waals surface area contributed by atoms with E-state index >= 15 is 0 Å². The number of carbonyl (C=O) groups excluding carboxylic acids is 1. The van der Waals surface area contributed by atoms with E-state index in [2.05, 4.69) is 15.7 Å². The van der Waals surface area contributed by atoms with Crippen LogP contribution in [-0.4, -0.2) is 42.5 Å². The molecule has 1 aliphatic rings. The van der Waals surface area contributed by atoms with E-state index in [1.54, 1.807) is 24.1 Å². The van der Waals surface area contributed by atoms with Gasteiger partial charge in [0, 0.05) is 26.4 Å². The first-order chi connectivity index (χ1) is 8.66. The van der Waals surface area contributed by atoms with Crippen LogP contribution in [0.5, 0.6) is 0 Å². The van der Waals surface area contributed by atoms with E-state index in [1.165, 1.54) is 0 Å². The smallest absolute Gasteiger partial charge is 0.234 e. The molecule has 0 saturated carbocycles. The van der Waals surface area contributed by atoms with Crippen LogP contribution in [0.15, 0.2) is 12.3 Å². The van der Waals surface area contributed by atoms with Crippen LogP contribution in [0.1, 0.15) is 12.8 Å². The van der Waals surface area contributed by atoms with Crippen molar-refractivity contribution >= 4 is 11.7 Å². The molecule has 6 heteroatoms. The van der Waals surface area contributed by atoms with Gasteiger partial charge in [0.2, 0.25) is 5.91 Å². The summed E-state index contributed by atoms with van der Waals surface area (Å²) in [4.78, 5) is 12.4. The van der Waals surface area contributed by atoms with Crippen molar-refractivity contribution in [3.05, 3.63) is 12.3 Å². The summed E-state index contributed by atoms with van der Waals surface area (Å²) < 4.78 is 6.90. The molecule has 1 saturated heterocycles. The number of rotatable bonds is 4. The number of anilines is 1. The fraction of sp³-hybridized carbons (Fsp3) is 0.667. The van der Waals surface area contributed by atoms with Crippen LogP contribution in [0, 0.1) is 5.41 Å². The van der Waals surface area contributed by atoms with Gasteiger partial charge in [-0.05, 0) is 25.9 Å². The van der Waals surface area contributed by atoms with Crippen LogP contribution in [-0.2, 0) is 16.6 Å². The second-order valence-corrected chi connectivity index (χ2v) is 4.79. The van der Waals surface area contributed by atoms with E-state index in [9.17, 15) is 4.79 Å². The predicted octanol–water partition coefficient (Wildman–Crippen LogP) is 0.375. The second kappa shape index (κ2) is 5.49. The maximum atomic E-state index is 12.4. The Labute approximate surface area is 107 Å². The second-order valence-electron chi connectivity index (χ2n) is 4.79. The topological polar surface area (TPSA) is 68.2 Å². The minimum absolute atomic E-state index is 0.00421. The molecule has 0 bridgehead atoms. The van der Waals surface area contributed by atoms with Crippen LogP contribution in [0.4, 0.5) is 5.82 Å². The lowest BCUT2D eigenvalue weighted by Gasteiger charge is -2.35. The van der Waals surface area contributed by atoms with Crippen molar-refractivity contribution in [2.75, 3.05) is 32.1 Å². The zero-order valence-electron chi connectivity index (χ0n) is 10.9. The summed E-state index contributed by atoms with van der Waals surface area (Å²) in [5.41, 5.74) is -0.433. The fourth-order valence-electron chi connectivity index (χ4n) is 2.35. The van der Waals surface area contributed by atoms with Gasteiger partial charge < -0.3 is 15.4 Å². The fourth-order valence-corrected chi connectivity index (χ4v) is 2.35. The van der Waals surface area contributed by atoms with Gasteiger partial charge in [0.1, 0.15) is 0 Å². The number of nitrogens with one attached hydrogen (secondary N) is 2. The number of carbonyl (C=O) groups is 1. The van der Waals surface area contributed by atoms with Crippen LogP contribution in [0.25, 0.3) is 0 Å². The average Bonchev–Trinajstić information content (AvgIpc) is 2.76. The zero-order valence-corrected chi connectivity index (χ0v) is 10.9. The maximum absolute atomic E-state index is 12.4. The van der Waals surface area contributed by atoms with Crippen molar-refractivity contribution in [2.24, 2.45) is 12.5 Å².